The van der Waals surface area contributed by atoms with Crippen LogP contribution in [0, 0.1) is 0 Å². The summed E-state index contributed by atoms with van der Waals surface area (Å²) in [5.41, 5.74) is 0. The Morgan fingerprint density at radius 1 is 0.615 bits per heavy atom. The zero-order valence-electron chi connectivity index (χ0n) is 35.2. The molecular formula is C36H59N3O26. The number of hydrogen-bond donors (Lipinski definition) is 16. The van der Waals surface area contributed by atoms with E-state index in [4.69, 9.17) is 43.0 Å². The molecule has 0 aliphatic carbocycles. The standard InChI is InChI=1S/C36H59N3O26/c1-9-16(38-10(2)43)26(20(49)14(7-41)59-9)61-36-25(54)23(52)29(31(65-36)33(56)57)63-34-17(39-11(3)44)27(21(50)15(8-42)60-34)62-35-24(53)22(51)28(58-4)30(64-35)32(55)37-5-12(45)18(47)19(48)13(46)6-40/h9,13-31,34-36,40-42,46-54H,5-8H2,1-4H3,(H,37,55)(H,38,43)(H,39,44)(H,56,57)/t9-,13+,14?,15?,16?,17?,18+,19+,20+,21+,22?,23?,24?,25?,26+,27+,28-,29-,30+,31+,34-,35+,36+/m0/s1. The number of carbonyl (C=O) groups is 5. The number of aliphatic hydroxyl groups is 12. The summed E-state index contributed by atoms with van der Waals surface area (Å²) in [7, 11) is 0.999. The van der Waals surface area contributed by atoms with Crippen LogP contribution < -0.4 is 16.0 Å². The molecule has 374 valence electrons. The molecule has 0 saturated carbocycles. The van der Waals surface area contributed by atoms with Crippen molar-refractivity contribution < 1.29 is 128 Å². The van der Waals surface area contributed by atoms with E-state index in [-0.39, 0.29) is 0 Å². The van der Waals surface area contributed by atoms with Gasteiger partial charge in [0.05, 0.1) is 38.5 Å². The number of aliphatic hydroxyl groups excluding tert-OH is 12. The molecule has 0 aromatic carbocycles. The van der Waals surface area contributed by atoms with E-state index in [0.29, 0.717) is 0 Å². The van der Waals surface area contributed by atoms with E-state index in [9.17, 15) is 85.3 Å². The number of amides is 3. The topological polar surface area (TPSA) is 458 Å². The predicted molar refractivity (Wildman–Crippen MR) is 202 cm³/mol. The summed E-state index contributed by atoms with van der Waals surface area (Å²) >= 11 is 0. The Morgan fingerprint density at radius 3 is 1.58 bits per heavy atom. The average molecular weight is 950 g/mol. The lowest BCUT2D eigenvalue weighted by Gasteiger charge is -2.50. The molecule has 0 aromatic heterocycles. The van der Waals surface area contributed by atoms with Crippen LogP contribution in [0.25, 0.3) is 0 Å². The number of carboxylic acids is 1. The van der Waals surface area contributed by atoms with Gasteiger partial charge in [-0.25, -0.2) is 4.79 Å². The molecule has 29 nitrogen and oxygen atoms in total. The predicted octanol–water partition coefficient (Wildman–Crippen LogP) is -10.9. The van der Waals surface area contributed by atoms with Crippen LogP contribution in [0.1, 0.15) is 20.8 Å². The van der Waals surface area contributed by atoms with Gasteiger partial charge in [-0.3, -0.25) is 19.2 Å². The van der Waals surface area contributed by atoms with Crippen molar-refractivity contribution in [2.75, 3.05) is 33.5 Å². The Hall–Kier alpha value is -3.25. The van der Waals surface area contributed by atoms with Crippen LogP contribution in [0.5, 0.6) is 0 Å². The van der Waals surface area contributed by atoms with Crippen molar-refractivity contribution in [2.24, 2.45) is 0 Å². The zero-order chi connectivity index (χ0) is 48.8. The van der Waals surface area contributed by atoms with Crippen molar-refractivity contribution in [1.82, 2.24) is 16.0 Å². The summed E-state index contributed by atoms with van der Waals surface area (Å²) in [6.45, 7) is -0.274. The van der Waals surface area contributed by atoms with Gasteiger partial charge in [0.15, 0.2) is 36.9 Å². The molecule has 4 fully saturated rings. The molecule has 23 atom stereocenters. The maximum Gasteiger partial charge on any atom is 0.335 e. The summed E-state index contributed by atoms with van der Waals surface area (Å²) in [6.07, 6.45) is -40.7. The van der Waals surface area contributed by atoms with Gasteiger partial charge in [0.1, 0.15) is 97.6 Å². The van der Waals surface area contributed by atoms with Crippen LogP contribution in [0.4, 0.5) is 0 Å². The van der Waals surface area contributed by atoms with Crippen LogP contribution in [0.2, 0.25) is 0 Å². The normalized spacial score (nSPS) is 41.4. The molecule has 16 N–H and O–H groups in total. The van der Waals surface area contributed by atoms with E-state index in [1.165, 1.54) is 6.92 Å². The molecule has 0 aromatic rings. The lowest BCUT2D eigenvalue weighted by atomic mass is 9.92. The van der Waals surface area contributed by atoms with E-state index in [1.54, 1.807) is 0 Å². The molecule has 0 radical (unpaired) electrons. The number of aliphatic carboxylic acids is 1. The number of nitrogens with one attached hydrogen (secondary N) is 3. The second kappa shape index (κ2) is 23.7. The van der Waals surface area contributed by atoms with Gasteiger partial charge in [-0.2, -0.15) is 0 Å². The minimum Gasteiger partial charge on any atom is -0.479 e. The highest BCUT2D eigenvalue weighted by Crippen LogP contribution is 2.35. The molecular weight excluding hydrogens is 890 g/mol. The third kappa shape index (κ3) is 12.5. The van der Waals surface area contributed by atoms with Crippen molar-refractivity contribution in [2.45, 2.75) is 162 Å². The largest absolute Gasteiger partial charge is 0.479 e. The lowest BCUT2D eigenvalue weighted by molar-refractivity contribution is -0.366. The first-order chi connectivity index (χ1) is 30.5. The van der Waals surface area contributed by atoms with Gasteiger partial charge in [-0.05, 0) is 6.92 Å². The van der Waals surface area contributed by atoms with Crippen molar-refractivity contribution in [3.05, 3.63) is 0 Å². The number of ether oxygens (including phenoxy) is 8. The number of carbonyl (C=O) groups excluding carboxylic acids is 4. The van der Waals surface area contributed by atoms with Crippen LogP contribution in [0.15, 0.2) is 0 Å². The first kappa shape index (κ1) is 54.4. The molecule has 65 heavy (non-hydrogen) atoms. The number of Topliss-reactive ketones (excluding diaryl/α,β-unsaturated/α-hetero) is 1. The summed E-state index contributed by atoms with van der Waals surface area (Å²) in [5, 5.41) is 142. The van der Waals surface area contributed by atoms with Crippen LogP contribution in [-0.2, 0) is 61.9 Å². The van der Waals surface area contributed by atoms with E-state index >= 15 is 0 Å². The molecule has 29 heteroatoms. The van der Waals surface area contributed by atoms with Crippen LogP contribution in [0.3, 0.4) is 0 Å². The van der Waals surface area contributed by atoms with Gasteiger partial charge in [0.2, 0.25) is 11.8 Å². The smallest absolute Gasteiger partial charge is 0.335 e. The van der Waals surface area contributed by atoms with Gasteiger partial charge in [-0.15, -0.1) is 0 Å². The van der Waals surface area contributed by atoms with E-state index in [0.717, 1.165) is 21.0 Å². The van der Waals surface area contributed by atoms with Crippen LogP contribution in [-0.4, -0.2) is 270 Å². The first-order valence-electron chi connectivity index (χ1n) is 20.2. The van der Waals surface area contributed by atoms with Crippen molar-refractivity contribution >= 4 is 29.5 Å². The second-order valence-electron chi connectivity index (χ2n) is 15.7. The quantitative estimate of drug-likeness (QED) is 0.0572. The first-order valence-corrected chi connectivity index (χ1v) is 20.2. The summed E-state index contributed by atoms with van der Waals surface area (Å²) in [5.74, 6) is -5.86. The lowest BCUT2D eigenvalue weighted by Crippen LogP contribution is -2.70. The Labute approximate surface area is 368 Å². The molecule has 4 aliphatic rings. The highest BCUT2D eigenvalue weighted by atomic mass is 16.8. The Kier molecular flexibility index (Phi) is 19.8. The number of hydrogen-bond acceptors (Lipinski definition) is 25. The van der Waals surface area contributed by atoms with E-state index in [2.05, 4.69) is 16.0 Å². The minimum atomic E-state index is -2.29. The SMILES string of the molecule is CO[C@H]1C(O)C(O)[C@H](O[C@@H]2C(NC(C)=O)[C@H](O[C@H]3C(O)C(O)[C@H](O[C@@H]4C(NC(C)=O)[C@H](C)OC(CO)[C@H]4O)O[C@H]3C(=O)O)OC(CO)[C@H]2O)O[C@H]1C(=O)NCC(=O)[C@@H](O)[C@H](O)[C@H](O)CO. The van der Waals surface area contributed by atoms with E-state index in [1.807, 2.05) is 0 Å². The average Bonchev–Trinajstić information content (AvgIpc) is 3.26. The molecule has 3 amide bonds. The maximum absolute atomic E-state index is 13.3. The minimum absolute atomic E-state index is 0.614. The summed E-state index contributed by atoms with van der Waals surface area (Å²) < 4.78 is 44.9. The highest BCUT2D eigenvalue weighted by molar-refractivity contribution is 5.90. The molecule has 4 aliphatic heterocycles. The molecule has 4 rings (SSSR count). The van der Waals surface area contributed by atoms with Crippen molar-refractivity contribution in [3.63, 3.8) is 0 Å². The fraction of sp³-hybridized carbons (Fsp3) is 0.861. The number of carboxylic acid groups (broad SMARTS) is 1. The fourth-order valence-electron chi connectivity index (χ4n) is 7.69. The van der Waals surface area contributed by atoms with Crippen molar-refractivity contribution in [1.29, 1.82) is 0 Å². The van der Waals surface area contributed by atoms with Gasteiger partial charge < -0.3 is 120 Å². The highest BCUT2D eigenvalue weighted by Gasteiger charge is 2.57. The number of rotatable bonds is 19. The van der Waals surface area contributed by atoms with Gasteiger partial charge >= 0.3 is 5.97 Å². The fourth-order valence-corrected chi connectivity index (χ4v) is 7.69. The number of methoxy groups -OCH3 is 1. The zero-order valence-corrected chi connectivity index (χ0v) is 35.2. The monoisotopic (exact) mass is 949 g/mol. The van der Waals surface area contributed by atoms with Gasteiger partial charge in [0, 0.05) is 21.0 Å². The Bertz CT molecular complexity index is 1620. The molecule has 0 bridgehead atoms. The molecule has 4 saturated heterocycles. The third-order valence-electron chi connectivity index (χ3n) is 11.1. The van der Waals surface area contributed by atoms with Gasteiger partial charge in [0.25, 0.3) is 5.91 Å². The Balaban J connectivity index is 1.59. The summed E-state index contributed by atoms with van der Waals surface area (Å²) in [6, 6.07) is -3.01. The number of ketones is 1. The molecule has 4 heterocycles. The Morgan fingerprint density at radius 2 is 1.09 bits per heavy atom. The maximum atomic E-state index is 13.3. The van der Waals surface area contributed by atoms with Crippen LogP contribution >= 0.6 is 0 Å². The molecule has 8 unspecified atom stereocenters. The molecule has 0 spiro atoms. The van der Waals surface area contributed by atoms with Crippen molar-refractivity contribution in [3.8, 4) is 0 Å². The van der Waals surface area contributed by atoms with Gasteiger partial charge in [-0.1, -0.05) is 0 Å². The second-order valence-corrected chi connectivity index (χ2v) is 15.7. The third-order valence-corrected chi connectivity index (χ3v) is 11.1. The van der Waals surface area contributed by atoms with E-state index < -0.39 is 197 Å². The summed E-state index contributed by atoms with van der Waals surface area (Å²) in [4.78, 5) is 63.0.